The first kappa shape index (κ1) is 27.2. The Morgan fingerprint density at radius 3 is 1.79 bits per heavy atom. The smallest absolute Gasteiger partial charge is 0.0555 e. The highest BCUT2D eigenvalue weighted by Crippen LogP contribution is 2.49. The minimum absolute atomic E-state index is 1.14. The van der Waals surface area contributed by atoms with Crippen LogP contribution >= 0.6 is 11.3 Å². The van der Waals surface area contributed by atoms with E-state index in [1.807, 2.05) is 11.3 Å². The van der Waals surface area contributed by atoms with E-state index in [4.69, 9.17) is 0 Å². The Balaban J connectivity index is 1.31. The molecule has 0 aliphatic carbocycles. The third-order valence-corrected chi connectivity index (χ3v) is 10.9. The first-order valence-electron chi connectivity index (χ1n) is 16.4. The molecule has 1 heterocycles. The molecule has 0 saturated heterocycles. The van der Waals surface area contributed by atoms with Gasteiger partial charge < -0.3 is 4.90 Å². The van der Waals surface area contributed by atoms with Crippen LogP contribution < -0.4 is 4.90 Å². The first-order chi connectivity index (χ1) is 23.8. The second-order valence-electron chi connectivity index (χ2n) is 12.5. The highest BCUT2D eigenvalue weighted by atomic mass is 32.1. The number of thiophene rings is 1. The van der Waals surface area contributed by atoms with Gasteiger partial charge in [-0.1, -0.05) is 127 Å². The van der Waals surface area contributed by atoms with Crippen molar-refractivity contribution in [3.63, 3.8) is 0 Å². The maximum absolute atomic E-state index is 2.50. The van der Waals surface area contributed by atoms with Crippen LogP contribution in [0.25, 0.3) is 74.4 Å². The predicted molar refractivity (Wildman–Crippen MR) is 209 cm³/mol. The van der Waals surface area contributed by atoms with Crippen LogP contribution in [0.5, 0.6) is 0 Å². The Hall–Kier alpha value is -5.96. The molecular formula is C46H29NS. The number of rotatable bonds is 4. The van der Waals surface area contributed by atoms with Gasteiger partial charge in [0, 0.05) is 31.4 Å². The Bertz CT molecular complexity index is 2860. The normalized spacial score (nSPS) is 11.8. The first-order valence-corrected chi connectivity index (χ1v) is 17.2. The minimum atomic E-state index is 1.14. The number of fused-ring (bicyclic) bond motifs is 8. The summed E-state index contributed by atoms with van der Waals surface area (Å²) in [6.45, 7) is 0. The van der Waals surface area contributed by atoms with Gasteiger partial charge in [0.05, 0.1) is 11.4 Å². The number of hydrogen-bond donors (Lipinski definition) is 0. The molecule has 0 radical (unpaired) electrons. The highest BCUT2D eigenvalue weighted by molar-refractivity contribution is 7.26. The number of para-hydroxylation sites is 1. The lowest BCUT2D eigenvalue weighted by molar-refractivity contribution is 1.31. The zero-order valence-electron chi connectivity index (χ0n) is 26.1. The van der Waals surface area contributed by atoms with Gasteiger partial charge in [-0.05, 0) is 97.2 Å². The lowest BCUT2D eigenvalue weighted by Gasteiger charge is -2.29. The lowest BCUT2D eigenvalue weighted by Crippen LogP contribution is -2.11. The lowest BCUT2D eigenvalue weighted by atomic mass is 9.92. The maximum atomic E-state index is 2.50. The Morgan fingerprint density at radius 2 is 0.958 bits per heavy atom. The van der Waals surface area contributed by atoms with Crippen LogP contribution in [0.3, 0.4) is 0 Å². The highest BCUT2D eigenvalue weighted by Gasteiger charge is 2.22. The van der Waals surface area contributed by atoms with Gasteiger partial charge in [0.2, 0.25) is 0 Å². The van der Waals surface area contributed by atoms with E-state index in [0.29, 0.717) is 0 Å². The molecule has 10 rings (SSSR count). The van der Waals surface area contributed by atoms with Gasteiger partial charge in [-0.3, -0.25) is 0 Å². The van der Waals surface area contributed by atoms with Crippen LogP contribution in [-0.4, -0.2) is 0 Å². The molecule has 0 aliphatic heterocycles. The van der Waals surface area contributed by atoms with Gasteiger partial charge >= 0.3 is 0 Å². The largest absolute Gasteiger partial charge is 0.309 e. The van der Waals surface area contributed by atoms with Crippen molar-refractivity contribution in [1.82, 2.24) is 0 Å². The van der Waals surface area contributed by atoms with Crippen molar-refractivity contribution in [3.8, 4) is 11.1 Å². The summed E-state index contributed by atoms with van der Waals surface area (Å²) in [5.41, 5.74) is 5.91. The van der Waals surface area contributed by atoms with Crippen molar-refractivity contribution in [1.29, 1.82) is 0 Å². The van der Waals surface area contributed by atoms with E-state index in [1.54, 1.807) is 0 Å². The molecule has 0 unspecified atom stereocenters. The third kappa shape index (κ3) is 4.24. The molecule has 0 saturated carbocycles. The average Bonchev–Trinajstić information content (AvgIpc) is 3.52. The van der Waals surface area contributed by atoms with Gasteiger partial charge in [-0.15, -0.1) is 11.3 Å². The van der Waals surface area contributed by atoms with E-state index in [9.17, 15) is 0 Å². The van der Waals surface area contributed by atoms with Crippen LogP contribution in [0.1, 0.15) is 0 Å². The summed E-state index contributed by atoms with van der Waals surface area (Å²) in [5, 5.41) is 12.6. The van der Waals surface area contributed by atoms with Gasteiger partial charge in [-0.25, -0.2) is 0 Å². The Labute approximate surface area is 282 Å². The molecule has 0 atom stereocenters. The summed E-state index contributed by atoms with van der Waals surface area (Å²) in [4.78, 5) is 2.50. The van der Waals surface area contributed by atoms with Crippen LogP contribution in [0, 0.1) is 0 Å². The van der Waals surface area contributed by atoms with Gasteiger partial charge in [-0.2, -0.15) is 0 Å². The summed E-state index contributed by atoms with van der Waals surface area (Å²) in [6, 6.07) is 64.6. The molecular weight excluding hydrogens is 599 g/mol. The second kappa shape index (κ2) is 10.8. The molecule has 224 valence electrons. The summed E-state index contributed by atoms with van der Waals surface area (Å²) >= 11 is 1.88. The summed E-state index contributed by atoms with van der Waals surface area (Å²) in [5.74, 6) is 0. The molecule has 9 aromatic carbocycles. The summed E-state index contributed by atoms with van der Waals surface area (Å²) in [7, 11) is 0. The van der Waals surface area contributed by atoms with E-state index in [0.717, 1.165) is 11.4 Å². The van der Waals surface area contributed by atoms with Gasteiger partial charge in [0.25, 0.3) is 0 Å². The molecule has 0 amide bonds. The molecule has 1 aromatic heterocycles. The molecule has 0 bridgehead atoms. The van der Waals surface area contributed by atoms with Crippen molar-refractivity contribution in [2.75, 3.05) is 4.90 Å². The number of benzene rings is 9. The SMILES string of the molecule is c1ccc(N(c2ccc3ccccc3c2)c2cccc3sc4cc5ccccc5cc4c23)c(-c2cc3ccccc3c3ccccc23)c1. The molecule has 0 aliphatic rings. The third-order valence-electron chi connectivity index (χ3n) is 9.78. The zero-order valence-corrected chi connectivity index (χ0v) is 26.9. The van der Waals surface area contributed by atoms with Crippen molar-refractivity contribution in [3.05, 3.63) is 176 Å². The van der Waals surface area contributed by atoms with E-state index in [2.05, 4.69) is 181 Å². The molecule has 48 heavy (non-hydrogen) atoms. The summed E-state index contributed by atoms with van der Waals surface area (Å²) < 4.78 is 2.60. The molecule has 0 fully saturated rings. The average molecular weight is 628 g/mol. The van der Waals surface area contributed by atoms with E-state index in [-0.39, 0.29) is 0 Å². The second-order valence-corrected chi connectivity index (χ2v) is 13.6. The topological polar surface area (TPSA) is 3.24 Å². The predicted octanol–water partition coefficient (Wildman–Crippen LogP) is 13.8. The summed E-state index contributed by atoms with van der Waals surface area (Å²) in [6.07, 6.45) is 0. The van der Waals surface area contributed by atoms with Crippen LogP contribution in [0.15, 0.2) is 176 Å². The van der Waals surface area contributed by atoms with Crippen molar-refractivity contribution < 1.29 is 0 Å². The van der Waals surface area contributed by atoms with Crippen LogP contribution in [0.4, 0.5) is 17.1 Å². The fraction of sp³-hybridized carbons (Fsp3) is 0. The molecule has 0 spiro atoms. The van der Waals surface area contributed by atoms with E-state index in [1.165, 1.54) is 80.1 Å². The molecule has 10 aromatic rings. The van der Waals surface area contributed by atoms with E-state index < -0.39 is 0 Å². The number of nitrogens with zero attached hydrogens (tertiary/aromatic N) is 1. The molecule has 1 nitrogen and oxygen atoms in total. The van der Waals surface area contributed by atoms with Gasteiger partial charge in [0.1, 0.15) is 0 Å². The van der Waals surface area contributed by atoms with Gasteiger partial charge in [0.15, 0.2) is 0 Å². The zero-order chi connectivity index (χ0) is 31.6. The quantitative estimate of drug-likeness (QED) is 0.176. The van der Waals surface area contributed by atoms with E-state index >= 15 is 0 Å². The van der Waals surface area contributed by atoms with Crippen LogP contribution in [-0.2, 0) is 0 Å². The number of hydrogen-bond acceptors (Lipinski definition) is 2. The van der Waals surface area contributed by atoms with Crippen molar-refractivity contribution in [2.24, 2.45) is 0 Å². The molecule has 0 N–H and O–H groups in total. The maximum Gasteiger partial charge on any atom is 0.0555 e. The fourth-order valence-electron chi connectivity index (χ4n) is 7.58. The molecule has 2 heteroatoms. The minimum Gasteiger partial charge on any atom is -0.309 e. The Morgan fingerprint density at radius 1 is 0.333 bits per heavy atom. The fourth-order valence-corrected chi connectivity index (χ4v) is 8.73. The Kier molecular flexibility index (Phi) is 6.12. The van der Waals surface area contributed by atoms with Crippen molar-refractivity contribution in [2.45, 2.75) is 0 Å². The van der Waals surface area contributed by atoms with Crippen LogP contribution in [0.2, 0.25) is 0 Å². The standard InChI is InChI=1S/C46H29NS/c1-2-13-31-26-35(25-24-30(31)12-1)47(43-22-11-23-44-46(43)41-27-32-14-3-4-15-33(32)29-45(41)48-44)42-21-10-9-20-39(42)40-28-34-16-5-6-17-36(34)37-18-7-8-19-38(37)40/h1-29H. The van der Waals surface area contributed by atoms with Crippen molar-refractivity contribution >= 4 is 91.7 Å². The monoisotopic (exact) mass is 627 g/mol. The number of anilines is 3.